The van der Waals surface area contributed by atoms with Gasteiger partial charge in [0.25, 0.3) is 5.60 Å². The summed E-state index contributed by atoms with van der Waals surface area (Å²) in [5, 5.41) is 5.42. The number of nitrogens with one attached hydrogen (secondary N) is 1. The molecule has 0 saturated heterocycles. The molecule has 35 heavy (non-hydrogen) atoms. The van der Waals surface area contributed by atoms with Crippen molar-refractivity contribution >= 4 is 40.7 Å². The summed E-state index contributed by atoms with van der Waals surface area (Å²) in [5.74, 6) is 0. The molecule has 190 valence electrons. The molecule has 1 atom stereocenters. The maximum Gasteiger partial charge on any atom is 0.435 e. The number of hydrogen-bond acceptors (Lipinski definition) is 4. The Hall–Kier alpha value is -2.66. The van der Waals surface area contributed by atoms with Crippen molar-refractivity contribution in [3.05, 3.63) is 63.1 Å². The topological polar surface area (TPSA) is 59.9 Å². The van der Waals surface area contributed by atoms with E-state index in [0.717, 1.165) is 6.07 Å². The Morgan fingerprint density at radius 1 is 1.06 bits per heavy atom. The minimum absolute atomic E-state index is 0.0211. The van der Waals surface area contributed by atoms with Gasteiger partial charge in [0.05, 0.1) is 22.0 Å². The first-order valence-electron chi connectivity index (χ1n) is 9.91. The molecule has 3 rings (SSSR count). The lowest BCUT2D eigenvalue weighted by Crippen LogP contribution is -2.43. The summed E-state index contributed by atoms with van der Waals surface area (Å²) in [6, 6.07) is 5.48. The van der Waals surface area contributed by atoms with Gasteiger partial charge in [-0.1, -0.05) is 34.4 Å². The lowest BCUT2D eigenvalue weighted by Gasteiger charge is -2.30. The summed E-state index contributed by atoms with van der Waals surface area (Å²) in [6.07, 6.45) is -11.9. The fourth-order valence-electron chi connectivity index (χ4n) is 3.26. The molecule has 1 aliphatic heterocycles. The predicted octanol–water partition coefficient (Wildman–Crippen LogP) is 7.94. The van der Waals surface area contributed by atoms with E-state index in [1.807, 2.05) is 0 Å². The van der Waals surface area contributed by atoms with Crippen LogP contribution in [0.1, 0.15) is 43.9 Å². The zero-order valence-electron chi connectivity index (χ0n) is 18.4. The highest BCUT2D eigenvalue weighted by Crippen LogP contribution is 2.50. The Morgan fingerprint density at radius 2 is 1.71 bits per heavy atom. The molecule has 0 fully saturated rings. The highest BCUT2D eigenvalue weighted by atomic mass is 35.5. The first-order valence-corrected chi connectivity index (χ1v) is 10.7. The van der Waals surface area contributed by atoms with Crippen molar-refractivity contribution in [2.45, 2.75) is 50.7 Å². The van der Waals surface area contributed by atoms with E-state index in [1.165, 1.54) is 18.2 Å². The van der Waals surface area contributed by atoms with E-state index in [4.69, 9.17) is 32.8 Å². The van der Waals surface area contributed by atoms with Gasteiger partial charge in [0.15, 0.2) is 0 Å². The summed E-state index contributed by atoms with van der Waals surface area (Å²) in [5.41, 5.74) is -6.39. The van der Waals surface area contributed by atoms with Gasteiger partial charge >= 0.3 is 18.4 Å². The van der Waals surface area contributed by atoms with Crippen LogP contribution >= 0.6 is 23.2 Å². The van der Waals surface area contributed by atoms with Crippen molar-refractivity contribution in [3.63, 3.8) is 0 Å². The fourth-order valence-corrected chi connectivity index (χ4v) is 3.66. The van der Waals surface area contributed by atoms with Crippen molar-refractivity contribution in [1.82, 2.24) is 0 Å². The molecule has 0 radical (unpaired) electrons. The quantitative estimate of drug-likeness (QED) is 0.400. The number of carbonyl (C=O) groups excluding carboxylic acids is 1. The van der Waals surface area contributed by atoms with Gasteiger partial charge in [0.2, 0.25) is 0 Å². The number of hydrogen-bond donors (Lipinski definition) is 1. The standard InChI is InChI=1S/C22H18Cl2F6N2O3/c1-19(2,3)34-18(33)31-16-6-11(4-5-15(16)24)17-10-20(35-32-17,22(28,29)30)12-7-13(21(25,26)27)9-14(23)8-12/h4-9H,10H2,1-3H3,(H,31,33). The zero-order valence-corrected chi connectivity index (χ0v) is 19.9. The van der Waals surface area contributed by atoms with Crippen LogP contribution in [0.25, 0.3) is 0 Å². The highest BCUT2D eigenvalue weighted by Gasteiger charge is 2.62. The second kappa shape index (κ2) is 9.09. The molecule has 2 aromatic rings. The molecule has 5 nitrogen and oxygen atoms in total. The number of halogens is 8. The second-order valence-electron chi connectivity index (χ2n) is 8.68. The van der Waals surface area contributed by atoms with Crippen molar-refractivity contribution in [1.29, 1.82) is 0 Å². The van der Waals surface area contributed by atoms with Crippen LogP contribution < -0.4 is 5.32 Å². The normalized spacial score (nSPS) is 18.7. The minimum atomic E-state index is -5.16. The number of benzene rings is 2. The number of nitrogens with zero attached hydrogens (tertiary/aromatic N) is 1. The third-order valence-corrected chi connectivity index (χ3v) is 5.36. The molecule has 0 spiro atoms. The van der Waals surface area contributed by atoms with Crippen LogP contribution in [0.2, 0.25) is 10.0 Å². The molecule has 1 unspecified atom stereocenters. The monoisotopic (exact) mass is 542 g/mol. The van der Waals surface area contributed by atoms with Crippen molar-refractivity contribution in [3.8, 4) is 0 Å². The molecule has 1 N–H and O–H groups in total. The average Bonchev–Trinajstić information content (AvgIpc) is 3.14. The van der Waals surface area contributed by atoms with Crippen molar-refractivity contribution in [2.24, 2.45) is 5.16 Å². The Kier molecular flexibility index (Phi) is 6.99. The molecule has 1 aliphatic rings. The maximum absolute atomic E-state index is 14.2. The van der Waals surface area contributed by atoms with Crippen LogP contribution in [-0.2, 0) is 21.4 Å². The molecule has 0 aliphatic carbocycles. The van der Waals surface area contributed by atoms with Crippen molar-refractivity contribution in [2.75, 3.05) is 5.32 Å². The Labute approximate surface area is 206 Å². The fraction of sp³-hybridized carbons (Fsp3) is 0.364. The molecular formula is C22H18Cl2F6N2O3. The van der Waals surface area contributed by atoms with Gasteiger partial charge in [0, 0.05) is 22.6 Å². The van der Waals surface area contributed by atoms with Crippen LogP contribution in [-0.4, -0.2) is 23.6 Å². The lowest BCUT2D eigenvalue weighted by molar-refractivity contribution is -0.276. The number of rotatable bonds is 3. The summed E-state index contributed by atoms with van der Waals surface area (Å²) < 4.78 is 87.4. The third-order valence-electron chi connectivity index (χ3n) is 4.81. The average molecular weight is 543 g/mol. The van der Waals surface area contributed by atoms with E-state index in [2.05, 4.69) is 10.5 Å². The predicted molar refractivity (Wildman–Crippen MR) is 118 cm³/mol. The summed E-state index contributed by atoms with van der Waals surface area (Å²) in [7, 11) is 0. The van der Waals surface area contributed by atoms with E-state index in [-0.39, 0.29) is 22.0 Å². The first-order chi connectivity index (χ1) is 15.9. The Bertz CT molecular complexity index is 1180. The first kappa shape index (κ1) is 26.9. The minimum Gasteiger partial charge on any atom is -0.444 e. The molecule has 1 heterocycles. The number of anilines is 1. The molecule has 1 amide bonds. The van der Waals surface area contributed by atoms with Crippen LogP contribution in [0.3, 0.4) is 0 Å². The lowest BCUT2D eigenvalue weighted by atomic mass is 9.85. The number of carbonyl (C=O) groups is 1. The van der Waals surface area contributed by atoms with Crippen LogP contribution in [0, 0.1) is 0 Å². The molecule has 13 heteroatoms. The molecule has 0 aromatic heterocycles. The second-order valence-corrected chi connectivity index (χ2v) is 9.52. The van der Waals surface area contributed by atoms with Gasteiger partial charge < -0.3 is 9.57 Å². The number of alkyl halides is 6. The van der Waals surface area contributed by atoms with E-state index >= 15 is 0 Å². The maximum atomic E-state index is 14.2. The van der Waals surface area contributed by atoms with Gasteiger partial charge in [-0.2, -0.15) is 26.3 Å². The van der Waals surface area contributed by atoms with E-state index in [1.54, 1.807) is 20.8 Å². The largest absolute Gasteiger partial charge is 0.444 e. The molecule has 0 bridgehead atoms. The number of ether oxygens (including phenoxy) is 1. The Balaban J connectivity index is 1.97. The van der Waals surface area contributed by atoms with Crippen molar-refractivity contribution < 1.29 is 40.7 Å². The van der Waals surface area contributed by atoms with Gasteiger partial charge in [-0.05, 0) is 51.1 Å². The third kappa shape index (κ3) is 5.95. The number of oxime groups is 1. The summed E-state index contributed by atoms with van der Waals surface area (Å²) in [4.78, 5) is 16.9. The van der Waals surface area contributed by atoms with Gasteiger partial charge in [-0.25, -0.2) is 4.79 Å². The summed E-state index contributed by atoms with van der Waals surface area (Å²) in [6.45, 7) is 4.89. The Morgan fingerprint density at radius 3 is 2.29 bits per heavy atom. The number of amides is 1. The molecule has 2 aromatic carbocycles. The van der Waals surface area contributed by atoms with Gasteiger partial charge in [-0.3, -0.25) is 5.32 Å². The van der Waals surface area contributed by atoms with E-state index < -0.39 is 52.2 Å². The van der Waals surface area contributed by atoms with Gasteiger partial charge in [0.1, 0.15) is 5.60 Å². The van der Waals surface area contributed by atoms with Crippen LogP contribution in [0.5, 0.6) is 0 Å². The smallest absolute Gasteiger partial charge is 0.435 e. The molecular weight excluding hydrogens is 525 g/mol. The molecule has 0 saturated carbocycles. The van der Waals surface area contributed by atoms with Gasteiger partial charge in [-0.15, -0.1) is 0 Å². The van der Waals surface area contributed by atoms with E-state index in [0.29, 0.717) is 12.1 Å². The zero-order chi connectivity index (χ0) is 26.4. The SMILES string of the molecule is CC(C)(C)OC(=O)Nc1cc(C2=NOC(c3cc(Cl)cc(C(F)(F)F)c3)(C(F)(F)F)C2)ccc1Cl. The highest BCUT2D eigenvalue weighted by molar-refractivity contribution is 6.34. The van der Waals surface area contributed by atoms with Crippen LogP contribution in [0.4, 0.5) is 36.8 Å². The van der Waals surface area contributed by atoms with E-state index in [9.17, 15) is 31.1 Å². The summed E-state index contributed by atoms with van der Waals surface area (Å²) >= 11 is 11.8. The van der Waals surface area contributed by atoms with Crippen LogP contribution in [0.15, 0.2) is 41.6 Å².